The van der Waals surface area contributed by atoms with Crippen LogP contribution in [0.2, 0.25) is 0 Å². The Balaban J connectivity index is 1.71. The molecule has 2 saturated heterocycles. The van der Waals surface area contributed by atoms with Gasteiger partial charge in [-0.2, -0.15) is 4.31 Å². The number of carbonyl (C=O) groups is 2. The number of hydrogen-bond acceptors (Lipinski definition) is 5. The molecule has 0 saturated carbocycles. The van der Waals surface area contributed by atoms with E-state index in [1.807, 2.05) is 18.7 Å². The summed E-state index contributed by atoms with van der Waals surface area (Å²) >= 11 is 0. The molecule has 1 aromatic rings. The second-order valence-electron chi connectivity index (χ2n) is 9.28. The van der Waals surface area contributed by atoms with Gasteiger partial charge in [-0.25, -0.2) is 8.42 Å². The van der Waals surface area contributed by atoms with Gasteiger partial charge in [0.25, 0.3) is 5.91 Å². The monoisotopic (exact) mass is 478 g/mol. The van der Waals surface area contributed by atoms with Crippen LogP contribution < -0.4 is 5.32 Å². The third-order valence-electron chi connectivity index (χ3n) is 6.79. The average molecular weight is 479 g/mol. The van der Waals surface area contributed by atoms with Gasteiger partial charge < -0.3 is 10.2 Å². The van der Waals surface area contributed by atoms with E-state index in [0.29, 0.717) is 32.2 Å². The number of amides is 2. The SMILES string of the molecule is CCN(CC)S(=O)(=O)c1cccc(C(=O)NC(C(=O)N2CCC(N3CCCC3)C2)C(C)C)c1. The third kappa shape index (κ3) is 5.75. The highest BCUT2D eigenvalue weighted by molar-refractivity contribution is 7.89. The average Bonchev–Trinajstić information content (AvgIpc) is 3.49. The Morgan fingerprint density at radius 2 is 1.79 bits per heavy atom. The fraction of sp³-hybridized carbons (Fsp3) is 0.667. The van der Waals surface area contributed by atoms with Crippen molar-refractivity contribution < 1.29 is 18.0 Å². The van der Waals surface area contributed by atoms with E-state index in [2.05, 4.69) is 10.2 Å². The van der Waals surface area contributed by atoms with Gasteiger partial charge in [0.05, 0.1) is 4.90 Å². The number of carbonyl (C=O) groups excluding carboxylic acids is 2. The molecule has 2 unspecified atom stereocenters. The van der Waals surface area contributed by atoms with Crippen molar-refractivity contribution in [2.45, 2.75) is 63.9 Å². The van der Waals surface area contributed by atoms with Crippen LogP contribution in [-0.4, -0.2) is 85.7 Å². The molecule has 184 valence electrons. The van der Waals surface area contributed by atoms with E-state index in [0.717, 1.165) is 19.5 Å². The molecule has 0 spiro atoms. The maximum absolute atomic E-state index is 13.3. The van der Waals surface area contributed by atoms with Gasteiger partial charge in [0.2, 0.25) is 15.9 Å². The summed E-state index contributed by atoms with van der Waals surface area (Å²) < 4.78 is 27.1. The number of benzene rings is 1. The zero-order chi connectivity index (χ0) is 24.2. The highest BCUT2D eigenvalue weighted by atomic mass is 32.2. The Labute approximate surface area is 198 Å². The Bertz CT molecular complexity index is 940. The van der Waals surface area contributed by atoms with Gasteiger partial charge in [-0.05, 0) is 56.5 Å². The lowest BCUT2D eigenvalue weighted by Crippen LogP contribution is -2.51. The molecular weight excluding hydrogens is 440 g/mol. The molecule has 2 aliphatic heterocycles. The molecule has 0 aromatic heterocycles. The van der Waals surface area contributed by atoms with Crippen molar-refractivity contribution in [1.29, 1.82) is 0 Å². The van der Waals surface area contributed by atoms with Crippen molar-refractivity contribution in [3.05, 3.63) is 29.8 Å². The van der Waals surface area contributed by atoms with E-state index in [1.54, 1.807) is 26.0 Å². The molecule has 0 radical (unpaired) electrons. The van der Waals surface area contributed by atoms with Gasteiger partial charge in [-0.15, -0.1) is 0 Å². The Hall–Kier alpha value is -1.97. The normalized spacial score (nSPS) is 20.5. The number of likely N-dealkylation sites (tertiary alicyclic amines) is 2. The molecular formula is C24H38N4O4S. The van der Waals surface area contributed by atoms with Gasteiger partial charge in [-0.3, -0.25) is 14.5 Å². The molecule has 2 fully saturated rings. The molecule has 2 amide bonds. The molecule has 33 heavy (non-hydrogen) atoms. The number of hydrogen-bond donors (Lipinski definition) is 1. The standard InChI is InChI=1S/C24H38N4O4S/c1-5-28(6-2)33(31,32)21-11-9-10-19(16-21)23(29)25-22(18(3)4)24(30)27-15-12-20(17-27)26-13-7-8-14-26/h9-11,16,18,20,22H,5-8,12-15,17H2,1-4H3,(H,25,29). The minimum absolute atomic E-state index is 0.0630. The van der Waals surface area contributed by atoms with E-state index in [4.69, 9.17) is 0 Å². The summed E-state index contributed by atoms with van der Waals surface area (Å²) in [4.78, 5) is 30.8. The van der Waals surface area contributed by atoms with Gasteiger partial charge >= 0.3 is 0 Å². The van der Waals surface area contributed by atoms with Crippen LogP contribution in [0.4, 0.5) is 0 Å². The molecule has 2 aliphatic rings. The quantitative estimate of drug-likeness (QED) is 0.588. The van der Waals surface area contributed by atoms with E-state index in [-0.39, 0.29) is 22.3 Å². The lowest BCUT2D eigenvalue weighted by atomic mass is 10.0. The molecule has 3 rings (SSSR count). The van der Waals surface area contributed by atoms with Crippen molar-refractivity contribution in [1.82, 2.24) is 19.4 Å². The predicted octanol–water partition coefficient (Wildman–Crippen LogP) is 2.17. The van der Waals surface area contributed by atoms with Crippen LogP contribution in [0.3, 0.4) is 0 Å². The van der Waals surface area contributed by atoms with Crippen LogP contribution in [0, 0.1) is 5.92 Å². The van der Waals surface area contributed by atoms with Gasteiger partial charge in [0.15, 0.2) is 0 Å². The van der Waals surface area contributed by atoms with Crippen LogP contribution in [0.1, 0.15) is 57.3 Å². The highest BCUT2D eigenvalue weighted by Crippen LogP contribution is 2.22. The Morgan fingerprint density at radius 1 is 1.12 bits per heavy atom. The van der Waals surface area contributed by atoms with E-state index < -0.39 is 22.0 Å². The van der Waals surface area contributed by atoms with E-state index in [9.17, 15) is 18.0 Å². The first-order chi connectivity index (χ1) is 15.7. The zero-order valence-corrected chi connectivity index (χ0v) is 21.1. The summed E-state index contributed by atoms with van der Waals surface area (Å²) in [6, 6.07) is 5.79. The summed E-state index contributed by atoms with van der Waals surface area (Å²) in [6.07, 6.45) is 3.41. The Morgan fingerprint density at radius 3 is 2.39 bits per heavy atom. The first-order valence-corrected chi connectivity index (χ1v) is 13.6. The van der Waals surface area contributed by atoms with Crippen LogP contribution in [0.5, 0.6) is 0 Å². The maximum atomic E-state index is 13.3. The molecule has 2 atom stereocenters. The lowest BCUT2D eigenvalue weighted by molar-refractivity contribution is -0.133. The topological polar surface area (TPSA) is 90.0 Å². The van der Waals surface area contributed by atoms with Crippen molar-refractivity contribution in [3.8, 4) is 0 Å². The second-order valence-corrected chi connectivity index (χ2v) is 11.2. The number of sulfonamides is 1. The van der Waals surface area contributed by atoms with Gasteiger partial charge in [0.1, 0.15) is 6.04 Å². The molecule has 0 aliphatic carbocycles. The van der Waals surface area contributed by atoms with Gasteiger partial charge in [0, 0.05) is 37.8 Å². The van der Waals surface area contributed by atoms with Gasteiger partial charge in [-0.1, -0.05) is 33.8 Å². The smallest absolute Gasteiger partial charge is 0.251 e. The largest absolute Gasteiger partial charge is 0.340 e. The van der Waals surface area contributed by atoms with Crippen LogP contribution in [-0.2, 0) is 14.8 Å². The Kier molecular flexibility index (Phi) is 8.53. The lowest BCUT2D eigenvalue weighted by Gasteiger charge is -2.28. The first kappa shape index (κ1) is 25.6. The summed E-state index contributed by atoms with van der Waals surface area (Å²) in [7, 11) is -3.67. The summed E-state index contributed by atoms with van der Waals surface area (Å²) in [5.41, 5.74) is 0.234. The fourth-order valence-corrected chi connectivity index (χ4v) is 6.30. The van der Waals surface area contributed by atoms with Crippen molar-refractivity contribution >= 4 is 21.8 Å². The molecule has 0 bridgehead atoms. The number of nitrogens with zero attached hydrogens (tertiary/aromatic N) is 3. The first-order valence-electron chi connectivity index (χ1n) is 12.1. The maximum Gasteiger partial charge on any atom is 0.251 e. The summed E-state index contributed by atoms with van der Waals surface area (Å²) in [5.74, 6) is -0.587. The van der Waals surface area contributed by atoms with Crippen LogP contribution in [0.25, 0.3) is 0 Å². The number of rotatable bonds is 9. The summed E-state index contributed by atoms with van der Waals surface area (Å²) in [6.45, 7) is 11.7. The molecule has 9 heteroatoms. The molecule has 1 N–H and O–H groups in total. The summed E-state index contributed by atoms with van der Waals surface area (Å²) in [5, 5.41) is 2.88. The number of nitrogens with one attached hydrogen (secondary N) is 1. The zero-order valence-electron chi connectivity index (χ0n) is 20.3. The van der Waals surface area contributed by atoms with Crippen molar-refractivity contribution in [3.63, 3.8) is 0 Å². The van der Waals surface area contributed by atoms with E-state index in [1.165, 1.54) is 29.3 Å². The molecule has 1 aromatic carbocycles. The fourth-order valence-electron chi connectivity index (χ4n) is 4.79. The minimum atomic E-state index is -3.67. The second kappa shape index (κ2) is 11.0. The predicted molar refractivity (Wildman–Crippen MR) is 128 cm³/mol. The molecule has 8 nitrogen and oxygen atoms in total. The van der Waals surface area contributed by atoms with Crippen LogP contribution in [0.15, 0.2) is 29.2 Å². The van der Waals surface area contributed by atoms with Crippen molar-refractivity contribution in [2.24, 2.45) is 5.92 Å². The minimum Gasteiger partial charge on any atom is -0.340 e. The molecule has 2 heterocycles. The van der Waals surface area contributed by atoms with Crippen LogP contribution >= 0.6 is 0 Å². The van der Waals surface area contributed by atoms with E-state index >= 15 is 0 Å². The third-order valence-corrected chi connectivity index (χ3v) is 8.84. The highest BCUT2D eigenvalue weighted by Gasteiger charge is 2.36. The van der Waals surface area contributed by atoms with Crippen molar-refractivity contribution in [2.75, 3.05) is 39.3 Å².